The number of aliphatic hydroxyl groups excluding tert-OH is 1. The predicted octanol–water partition coefficient (Wildman–Crippen LogP) is 1.38. The Labute approximate surface area is 93.9 Å². The molecule has 0 spiro atoms. The van der Waals surface area contributed by atoms with E-state index in [4.69, 9.17) is 5.11 Å². The minimum absolute atomic E-state index is 0.275. The highest BCUT2D eigenvalue weighted by atomic mass is 16.3. The monoisotopic (exact) mass is 217 g/mol. The summed E-state index contributed by atoms with van der Waals surface area (Å²) < 4.78 is 0. The number of benzene rings is 1. The lowest BCUT2D eigenvalue weighted by molar-refractivity contribution is 0.238. The van der Waals surface area contributed by atoms with Gasteiger partial charge >= 0.3 is 0 Å². The topological polar surface area (TPSA) is 52.1 Å². The number of nitrogens with zero attached hydrogens (tertiary/aromatic N) is 2. The third kappa shape index (κ3) is 1.55. The van der Waals surface area contributed by atoms with E-state index in [1.807, 2.05) is 24.3 Å². The zero-order valence-electron chi connectivity index (χ0n) is 9.06. The van der Waals surface area contributed by atoms with Gasteiger partial charge in [-0.3, -0.25) is 0 Å². The van der Waals surface area contributed by atoms with Crippen LogP contribution in [0.15, 0.2) is 24.3 Å². The molecule has 2 heterocycles. The van der Waals surface area contributed by atoms with Crippen molar-refractivity contribution in [2.75, 3.05) is 24.6 Å². The van der Waals surface area contributed by atoms with Gasteiger partial charge in [-0.1, -0.05) is 12.1 Å². The zero-order valence-corrected chi connectivity index (χ0v) is 9.06. The summed E-state index contributed by atoms with van der Waals surface area (Å²) in [6.07, 6.45) is 1.05. The molecule has 1 aliphatic rings. The van der Waals surface area contributed by atoms with Gasteiger partial charge in [-0.15, -0.1) is 0 Å². The average molecular weight is 217 g/mol. The van der Waals surface area contributed by atoms with E-state index in [1.165, 1.54) is 0 Å². The smallest absolute Gasteiger partial charge is 0.203 e. The molecule has 0 amide bonds. The van der Waals surface area contributed by atoms with Crippen molar-refractivity contribution in [3.63, 3.8) is 0 Å². The van der Waals surface area contributed by atoms with Crippen molar-refractivity contribution < 1.29 is 5.11 Å². The Bertz CT molecular complexity index is 461. The highest BCUT2D eigenvalue weighted by Gasteiger charge is 2.23. The number of anilines is 1. The minimum Gasteiger partial charge on any atom is -0.396 e. The van der Waals surface area contributed by atoms with Crippen LogP contribution >= 0.6 is 0 Å². The summed E-state index contributed by atoms with van der Waals surface area (Å²) in [5.41, 5.74) is 2.08. The number of hydrogen-bond acceptors (Lipinski definition) is 3. The number of imidazole rings is 1. The number of para-hydroxylation sites is 2. The van der Waals surface area contributed by atoms with E-state index < -0.39 is 0 Å². The third-order valence-corrected chi connectivity index (χ3v) is 3.22. The molecular weight excluding hydrogens is 202 g/mol. The quantitative estimate of drug-likeness (QED) is 0.799. The Hall–Kier alpha value is -1.55. The van der Waals surface area contributed by atoms with Crippen LogP contribution in [-0.4, -0.2) is 34.8 Å². The molecule has 16 heavy (non-hydrogen) atoms. The van der Waals surface area contributed by atoms with Gasteiger partial charge in [-0.05, 0) is 18.6 Å². The van der Waals surface area contributed by atoms with Crippen molar-refractivity contribution in [1.82, 2.24) is 9.97 Å². The minimum atomic E-state index is 0.275. The SMILES string of the molecule is OC[C@H]1CCN(c2nc3ccccc3[nH]2)C1. The van der Waals surface area contributed by atoms with E-state index in [2.05, 4.69) is 14.9 Å². The Morgan fingerprint density at radius 3 is 3.06 bits per heavy atom. The van der Waals surface area contributed by atoms with E-state index >= 15 is 0 Å². The normalized spacial score (nSPS) is 20.8. The zero-order chi connectivity index (χ0) is 11.0. The van der Waals surface area contributed by atoms with Crippen LogP contribution in [0.2, 0.25) is 0 Å². The van der Waals surface area contributed by atoms with Crippen molar-refractivity contribution in [3.05, 3.63) is 24.3 Å². The van der Waals surface area contributed by atoms with E-state index in [0.29, 0.717) is 5.92 Å². The first-order valence-electron chi connectivity index (χ1n) is 5.67. The molecule has 84 valence electrons. The Kier molecular flexibility index (Phi) is 2.29. The van der Waals surface area contributed by atoms with Crippen LogP contribution in [0.25, 0.3) is 11.0 Å². The molecule has 2 aromatic rings. The van der Waals surface area contributed by atoms with Crippen molar-refractivity contribution in [3.8, 4) is 0 Å². The molecular formula is C12H15N3O. The lowest BCUT2D eigenvalue weighted by atomic mass is 10.1. The molecule has 1 aliphatic heterocycles. The van der Waals surface area contributed by atoms with Crippen LogP contribution in [0.4, 0.5) is 5.95 Å². The van der Waals surface area contributed by atoms with Gasteiger partial charge in [0.2, 0.25) is 5.95 Å². The molecule has 1 saturated heterocycles. The number of aromatic amines is 1. The summed E-state index contributed by atoms with van der Waals surface area (Å²) in [5.74, 6) is 1.32. The maximum absolute atomic E-state index is 9.11. The summed E-state index contributed by atoms with van der Waals surface area (Å²) in [6.45, 7) is 2.15. The molecule has 0 radical (unpaired) electrons. The molecule has 0 unspecified atom stereocenters. The molecule has 4 heteroatoms. The van der Waals surface area contributed by atoms with Crippen molar-refractivity contribution in [1.29, 1.82) is 0 Å². The fourth-order valence-corrected chi connectivity index (χ4v) is 2.26. The summed E-state index contributed by atoms with van der Waals surface area (Å²) in [6, 6.07) is 8.04. The van der Waals surface area contributed by atoms with Gasteiger partial charge in [-0.2, -0.15) is 0 Å². The van der Waals surface area contributed by atoms with Gasteiger partial charge in [0.15, 0.2) is 0 Å². The van der Waals surface area contributed by atoms with Gasteiger partial charge in [0.25, 0.3) is 0 Å². The average Bonchev–Trinajstić information content (AvgIpc) is 2.95. The second kappa shape index (κ2) is 3.79. The van der Waals surface area contributed by atoms with Crippen molar-refractivity contribution in [2.45, 2.75) is 6.42 Å². The maximum Gasteiger partial charge on any atom is 0.203 e. The molecule has 1 atom stereocenters. The van der Waals surface area contributed by atoms with Crippen LogP contribution in [0.5, 0.6) is 0 Å². The summed E-state index contributed by atoms with van der Waals surface area (Å²) in [5, 5.41) is 9.11. The number of H-pyrrole nitrogens is 1. The lowest BCUT2D eigenvalue weighted by Crippen LogP contribution is -2.21. The van der Waals surface area contributed by atoms with E-state index in [-0.39, 0.29) is 6.61 Å². The second-order valence-electron chi connectivity index (χ2n) is 4.36. The van der Waals surface area contributed by atoms with Gasteiger partial charge < -0.3 is 15.0 Å². The highest BCUT2D eigenvalue weighted by molar-refractivity contribution is 5.77. The van der Waals surface area contributed by atoms with Gasteiger partial charge in [-0.25, -0.2) is 4.98 Å². The van der Waals surface area contributed by atoms with E-state index in [0.717, 1.165) is 36.5 Å². The van der Waals surface area contributed by atoms with Gasteiger partial charge in [0.05, 0.1) is 11.0 Å². The maximum atomic E-state index is 9.11. The molecule has 1 aromatic heterocycles. The van der Waals surface area contributed by atoms with Gasteiger partial charge in [0, 0.05) is 25.6 Å². The second-order valence-corrected chi connectivity index (χ2v) is 4.36. The molecule has 2 N–H and O–H groups in total. The Morgan fingerprint density at radius 1 is 1.44 bits per heavy atom. The number of nitrogens with one attached hydrogen (secondary N) is 1. The summed E-state index contributed by atoms with van der Waals surface area (Å²) >= 11 is 0. The Morgan fingerprint density at radius 2 is 2.31 bits per heavy atom. The first-order chi connectivity index (χ1) is 7.86. The van der Waals surface area contributed by atoms with Gasteiger partial charge in [0.1, 0.15) is 0 Å². The van der Waals surface area contributed by atoms with Crippen LogP contribution < -0.4 is 4.90 Å². The number of fused-ring (bicyclic) bond motifs is 1. The van der Waals surface area contributed by atoms with Crippen molar-refractivity contribution in [2.24, 2.45) is 5.92 Å². The molecule has 0 aliphatic carbocycles. The first kappa shape index (κ1) is 9.66. The largest absolute Gasteiger partial charge is 0.396 e. The van der Waals surface area contributed by atoms with Crippen LogP contribution in [0.3, 0.4) is 0 Å². The Balaban J connectivity index is 1.89. The predicted molar refractivity (Wildman–Crippen MR) is 63.5 cm³/mol. The lowest BCUT2D eigenvalue weighted by Gasteiger charge is -2.13. The van der Waals surface area contributed by atoms with Crippen LogP contribution in [-0.2, 0) is 0 Å². The standard InChI is InChI=1S/C12H15N3O/c16-8-9-5-6-15(7-9)12-13-10-3-1-2-4-11(10)14-12/h1-4,9,16H,5-8H2,(H,13,14)/t9-/m0/s1. The van der Waals surface area contributed by atoms with Crippen LogP contribution in [0, 0.1) is 5.92 Å². The highest BCUT2D eigenvalue weighted by Crippen LogP contribution is 2.23. The van der Waals surface area contributed by atoms with Crippen LogP contribution in [0.1, 0.15) is 6.42 Å². The fourth-order valence-electron chi connectivity index (χ4n) is 2.26. The number of aromatic nitrogens is 2. The molecule has 3 rings (SSSR count). The first-order valence-corrected chi connectivity index (χ1v) is 5.67. The number of aliphatic hydroxyl groups is 1. The number of rotatable bonds is 2. The number of hydrogen-bond donors (Lipinski definition) is 2. The molecule has 0 bridgehead atoms. The fraction of sp³-hybridized carbons (Fsp3) is 0.417. The molecule has 1 fully saturated rings. The molecule has 4 nitrogen and oxygen atoms in total. The third-order valence-electron chi connectivity index (χ3n) is 3.22. The summed E-state index contributed by atoms with van der Waals surface area (Å²) in [4.78, 5) is 10.1. The van der Waals surface area contributed by atoms with E-state index in [1.54, 1.807) is 0 Å². The van der Waals surface area contributed by atoms with Crippen molar-refractivity contribution >= 4 is 17.0 Å². The van der Waals surface area contributed by atoms with E-state index in [9.17, 15) is 0 Å². The molecule has 1 aromatic carbocycles. The summed E-state index contributed by atoms with van der Waals surface area (Å²) in [7, 11) is 0. The molecule has 0 saturated carbocycles.